The summed E-state index contributed by atoms with van der Waals surface area (Å²) in [7, 11) is 1.50. The molecule has 120 valence electrons. The molecule has 2 aromatic rings. The van der Waals surface area contributed by atoms with Crippen LogP contribution in [0.2, 0.25) is 0 Å². The lowest BCUT2D eigenvalue weighted by atomic mass is 10.1. The topological polar surface area (TPSA) is 84.9 Å². The van der Waals surface area contributed by atoms with E-state index in [1.165, 1.54) is 26.2 Å². The highest BCUT2D eigenvalue weighted by molar-refractivity contribution is 5.88. The summed E-state index contributed by atoms with van der Waals surface area (Å²) in [5.74, 6) is -0.523. The van der Waals surface area contributed by atoms with Crippen LogP contribution in [-0.2, 0) is 11.3 Å². The number of carboxylic acid groups (broad SMARTS) is 1. The predicted molar refractivity (Wildman–Crippen MR) is 85.0 cm³/mol. The van der Waals surface area contributed by atoms with Crippen LogP contribution in [0.5, 0.6) is 11.5 Å². The zero-order valence-electron chi connectivity index (χ0n) is 12.8. The molecule has 0 radical (unpaired) electrons. The van der Waals surface area contributed by atoms with E-state index in [9.17, 15) is 9.59 Å². The smallest absolute Gasteiger partial charge is 0.335 e. The first-order valence-electron chi connectivity index (χ1n) is 6.92. The maximum absolute atomic E-state index is 11.0. The summed E-state index contributed by atoms with van der Waals surface area (Å²) in [5, 5.41) is 12.0. The van der Waals surface area contributed by atoms with Crippen LogP contribution in [0.15, 0.2) is 42.5 Å². The summed E-state index contributed by atoms with van der Waals surface area (Å²) in [4.78, 5) is 21.8. The maximum Gasteiger partial charge on any atom is 0.335 e. The maximum atomic E-state index is 11.0. The van der Waals surface area contributed by atoms with Gasteiger partial charge in [-0.2, -0.15) is 0 Å². The second-order valence-corrected chi connectivity index (χ2v) is 4.81. The highest BCUT2D eigenvalue weighted by Crippen LogP contribution is 2.28. The van der Waals surface area contributed by atoms with E-state index in [4.69, 9.17) is 14.6 Å². The van der Waals surface area contributed by atoms with Crippen molar-refractivity contribution in [2.45, 2.75) is 13.5 Å². The van der Waals surface area contributed by atoms with Gasteiger partial charge in [0.1, 0.15) is 0 Å². The van der Waals surface area contributed by atoms with Crippen molar-refractivity contribution in [3.8, 4) is 11.5 Å². The summed E-state index contributed by atoms with van der Waals surface area (Å²) in [6.07, 6.45) is 0. The van der Waals surface area contributed by atoms with Crippen molar-refractivity contribution >= 4 is 17.6 Å². The van der Waals surface area contributed by atoms with E-state index in [0.29, 0.717) is 18.0 Å². The minimum absolute atomic E-state index is 0.239. The number of nitrogens with one attached hydrogen (secondary N) is 1. The van der Waals surface area contributed by atoms with Crippen LogP contribution < -0.4 is 14.8 Å². The third kappa shape index (κ3) is 4.47. The minimum Gasteiger partial charge on any atom is -0.493 e. The standard InChI is InChI=1S/C17H17NO5/c1-11(19)23-15-8-3-12(9-16(15)22-2)10-18-14-6-4-13(5-7-14)17(20)21/h3-9,18H,10H2,1-2H3,(H,20,21). The molecule has 2 N–H and O–H groups in total. The molecule has 0 aromatic heterocycles. The van der Waals surface area contributed by atoms with Crippen molar-refractivity contribution in [2.75, 3.05) is 12.4 Å². The molecule has 0 aliphatic heterocycles. The lowest BCUT2D eigenvalue weighted by molar-refractivity contribution is -0.132. The average Bonchev–Trinajstić information content (AvgIpc) is 2.53. The quantitative estimate of drug-likeness (QED) is 0.630. The van der Waals surface area contributed by atoms with Crippen molar-refractivity contribution in [3.63, 3.8) is 0 Å². The highest BCUT2D eigenvalue weighted by Gasteiger charge is 2.08. The van der Waals surface area contributed by atoms with Gasteiger partial charge in [0, 0.05) is 19.2 Å². The molecule has 0 atom stereocenters. The Morgan fingerprint density at radius 1 is 1.09 bits per heavy atom. The highest BCUT2D eigenvalue weighted by atomic mass is 16.6. The van der Waals surface area contributed by atoms with Gasteiger partial charge < -0.3 is 19.9 Å². The number of aromatic carboxylic acids is 1. The monoisotopic (exact) mass is 315 g/mol. The van der Waals surface area contributed by atoms with Gasteiger partial charge in [-0.15, -0.1) is 0 Å². The van der Waals surface area contributed by atoms with Gasteiger partial charge in [0.05, 0.1) is 12.7 Å². The van der Waals surface area contributed by atoms with Crippen molar-refractivity contribution in [1.82, 2.24) is 0 Å². The lowest BCUT2D eigenvalue weighted by Gasteiger charge is -2.11. The average molecular weight is 315 g/mol. The first kappa shape index (κ1) is 16.4. The van der Waals surface area contributed by atoms with Crippen molar-refractivity contribution < 1.29 is 24.2 Å². The van der Waals surface area contributed by atoms with E-state index in [1.807, 2.05) is 6.07 Å². The van der Waals surface area contributed by atoms with Gasteiger partial charge in [-0.05, 0) is 42.0 Å². The van der Waals surface area contributed by atoms with Gasteiger partial charge in [0.2, 0.25) is 0 Å². The molecule has 0 aliphatic carbocycles. The van der Waals surface area contributed by atoms with Gasteiger partial charge in [-0.3, -0.25) is 4.79 Å². The van der Waals surface area contributed by atoms with Gasteiger partial charge in [-0.1, -0.05) is 6.07 Å². The zero-order valence-corrected chi connectivity index (χ0v) is 12.8. The first-order chi connectivity index (χ1) is 11.0. The fraction of sp³-hybridized carbons (Fsp3) is 0.176. The Labute approximate surface area is 133 Å². The molecule has 6 nitrogen and oxygen atoms in total. The van der Waals surface area contributed by atoms with Crippen LogP contribution in [0.25, 0.3) is 0 Å². The SMILES string of the molecule is COc1cc(CNc2ccc(C(=O)O)cc2)ccc1OC(C)=O. The predicted octanol–water partition coefficient (Wildman–Crippen LogP) is 2.93. The van der Waals surface area contributed by atoms with Crippen LogP contribution >= 0.6 is 0 Å². The first-order valence-corrected chi connectivity index (χ1v) is 6.92. The van der Waals surface area contributed by atoms with Crippen LogP contribution in [0.1, 0.15) is 22.8 Å². The molecule has 6 heteroatoms. The van der Waals surface area contributed by atoms with Crippen molar-refractivity contribution in [2.24, 2.45) is 0 Å². The fourth-order valence-corrected chi connectivity index (χ4v) is 2.00. The molecular formula is C17H17NO5. The third-order valence-corrected chi connectivity index (χ3v) is 3.11. The van der Waals surface area contributed by atoms with E-state index >= 15 is 0 Å². The summed E-state index contributed by atoms with van der Waals surface area (Å²) >= 11 is 0. The number of carboxylic acids is 1. The molecule has 0 saturated carbocycles. The summed E-state index contributed by atoms with van der Waals surface area (Å²) < 4.78 is 10.3. The summed E-state index contributed by atoms with van der Waals surface area (Å²) in [5.41, 5.74) is 1.97. The Bertz CT molecular complexity index is 709. The zero-order chi connectivity index (χ0) is 16.8. The number of hydrogen-bond donors (Lipinski definition) is 2. The Morgan fingerprint density at radius 2 is 1.78 bits per heavy atom. The van der Waals surface area contributed by atoms with E-state index in [0.717, 1.165) is 11.3 Å². The normalized spacial score (nSPS) is 10.0. The molecule has 0 bridgehead atoms. The van der Waals surface area contributed by atoms with Crippen LogP contribution in [0.3, 0.4) is 0 Å². The van der Waals surface area contributed by atoms with Gasteiger partial charge in [-0.25, -0.2) is 4.79 Å². The Hall–Kier alpha value is -3.02. The number of benzene rings is 2. The van der Waals surface area contributed by atoms with Crippen LogP contribution in [-0.4, -0.2) is 24.2 Å². The molecule has 0 spiro atoms. The van der Waals surface area contributed by atoms with E-state index in [-0.39, 0.29) is 5.56 Å². The number of esters is 1. The van der Waals surface area contributed by atoms with E-state index in [1.54, 1.807) is 24.3 Å². The summed E-state index contributed by atoms with van der Waals surface area (Å²) in [6, 6.07) is 11.7. The Morgan fingerprint density at radius 3 is 2.35 bits per heavy atom. The minimum atomic E-state index is -0.956. The number of methoxy groups -OCH3 is 1. The third-order valence-electron chi connectivity index (χ3n) is 3.11. The van der Waals surface area contributed by atoms with E-state index in [2.05, 4.69) is 5.32 Å². The number of carbonyl (C=O) groups is 2. The molecule has 23 heavy (non-hydrogen) atoms. The Balaban J connectivity index is 2.05. The number of carbonyl (C=O) groups excluding carboxylic acids is 1. The van der Waals surface area contributed by atoms with Crippen LogP contribution in [0, 0.1) is 0 Å². The largest absolute Gasteiger partial charge is 0.493 e. The second kappa shape index (κ2) is 7.31. The van der Waals surface area contributed by atoms with Crippen molar-refractivity contribution in [3.05, 3.63) is 53.6 Å². The molecule has 0 fully saturated rings. The van der Waals surface area contributed by atoms with E-state index < -0.39 is 11.9 Å². The molecule has 2 rings (SSSR count). The number of anilines is 1. The molecule has 0 amide bonds. The molecule has 0 saturated heterocycles. The number of ether oxygens (including phenoxy) is 2. The molecule has 0 heterocycles. The number of rotatable bonds is 6. The summed E-state index contributed by atoms with van der Waals surface area (Å²) in [6.45, 7) is 1.85. The van der Waals surface area contributed by atoms with Gasteiger partial charge >= 0.3 is 11.9 Å². The second-order valence-electron chi connectivity index (χ2n) is 4.81. The van der Waals surface area contributed by atoms with Gasteiger partial charge in [0.25, 0.3) is 0 Å². The fourth-order valence-electron chi connectivity index (χ4n) is 2.00. The molecule has 0 unspecified atom stereocenters. The molecule has 0 aliphatic rings. The van der Waals surface area contributed by atoms with Crippen LogP contribution in [0.4, 0.5) is 5.69 Å². The number of hydrogen-bond acceptors (Lipinski definition) is 5. The lowest BCUT2D eigenvalue weighted by Crippen LogP contribution is -2.05. The molecular weight excluding hydrogens is 298 g/mol. The van der Waals surface area contributed by atoms with Gasteiger partial charge in [0.15, 0.2) is 11.5 Å². The Kier molecular flexibility index (Phi) is 5.19. The molecule has 2 aromatic carbocycles. The van der Waals surface area contributed by atoms with Crippen molar-refractivity contribution in [1.29, 1.82) is 0 Å².